The van der Waals surface area contributed by atoms with E-state index < -0.39 is 0 Å². The van der Waals surface area contributed by atoms with Gasteiger partial charge in [-0.3, -0.25) is 4.98 Å². The van der Waals surface area contributed by atoms with Crippen LogP contribution >= 0.6 is 0 Å². The Bertz CT molecular complexity index is 199. The van der Waals surface area contributed by atoms with Gasteiger partial charge in [-0.1, -0.05) is 27.3 Å². The molecule has 0 bridgehead atoms. The third kappa shape index (κ3) is 4.09. The molecule has 0 amide bonds. The smallest absolute Gasteiger partial charge is 0.0855 e. The molecule has 1 rings (SSSR count). The number of aromatic nitrogens is 1. The molecular formula is C10H19NO. The lowest BCUT2D eigenvalue weighted by atomic mass is 10.2. The molecule has 1 N–H and O–H groups in total. The van der Waals surface area contributed by atoms with Gasteiger partial charge in [-0.2, -0.15) is 0 Å². The zero-order valence-electron chi connectivity index (χ0n) is 7.33. The van der Waals surface area contributed by atoms with Crippen molar-refractivity contribution in [3.05, 3.63) is 29.6 Å². The van der Waals surface area contributed by atoms with Crippen molar-refractivity contribution in [1.29, 1.82) is 0 Å². The summed E-state index contributed by atoms with van der Waals surface area (Å²) < 4.78 is 0. The number of aryl methyl sites for hydroxylation is 1. The first-order chi connectivity index (χ1) is 5.34. The standard InChI is InChI=1S/C7H9NO.C2H6.CH4/c1-6-3-2-4-8-7(6)5-9;1-2;/h2-4,9H,5H2,1H3;1-2H3;1H4. The fraction of sp³-hybridized carbons (Fsp3) is 0.500. The maximum absolute atomic E-state index is 8.66. The third-order valence-corrected chi connectivity index (χ3v) is 1.27. The van der Waals surface area contributed by atoms with Gasteiger partial charge < -0.3 is 5.11 Å². The molecule has 0 fully saturated rings. The highest BCUT2D eigenvalue weighted by Crippen LogP contribution is 2.00. The summed E-state index contributed by atoms with van der Waals surface area (Å²) in [5, 5.41) is 8.66. The number of hydrogen-bond donors (Lipinski definition) is 1. The number of hydrogen-bond acceptors (Lipinski definition) is 2. The van der Waals surface area contributed by atoms with Crippen LogP contribution in [0.5, 0.6) is 0 Å². The van der Waals surface area contributed by atoms with Crippen molar-refractivity contribution < 1.29 is 5.11 Å². The van der Waals surface area contributed by atoms with E-state index in [1.54, 1.807) is 6.20 Å². The largest absolute Gasteiger partial charge is 0.390 e. The van der Waals surface area contributed by atoms with Gasteiger partial charge in [-0.25, -0.2) is 0 Å². The summed E-state index contributed by atoms with van der Waals surface area (Å²) in [6.45, 7) is 5.96. The number of pyridine rings is 1. The first-order valence-corrected chi connectivity index (χ1v) is 3.86. The molecule has 0 aliphatic heterocycles. The lowest BCUT2D eigenvalue weighted by Crippen LogP contribution is -1.90. The molecule has 0 spiro atoms. The zero-order valence-corrected chi connectivity index (χ0v) is 7.33. The average Bonchev–Trinajstić information content (AvgIpc) is 2.09. The van der Waals surface area contributed by atoms with Crippen molar-refractivity contribution in [2.75, 3.05) is 0 Å². The molecule has 1 aromatic rings. The predicted octanol–water partition coefficient (Wildman–Crippen LogP) is 2.54. The Labute approximate surface area is 75.3 Å². The van der Waals surface area contributed by atoms with Crippen LogP contribution in [-0.2, 0) is 6.61 Å². The van der Waals surface area contributed by atoms with Crippen LogP contribution in [0.15, 0.2) is 18.3 Å². The molecular weight excluding hydrogens is 150 g/mol. The normalized spacial score (nSPS) is 7.67. The molecule has 0 aliphatic carbocycles. The van der Waals surface area contributed by atoms with E-state index >= 15 is 0 Å². The molecule has 0 saturated carbocycles. The molecule has 12 heavy (non-hydrogen) atoms. The molecule has 0 radical (unpaired) electrons. The van der Waals surface area contributed by atoms with E-state index in [1.165, 1.54) is 0 Å². The lowest BCUT2D eigenvalue weighted by molar-refractivity contribution is 0.276. The third-order valence-electron chi connectivity index (χ3n) is 1.27. The summed E-state index contributed by atoms with van der Waals surface area (Å²) in [5.74, 6) is 0. The van der Waals surface area contributed by atoms with Crippen molar-refractivity contribution in [1.82, 2.24) is 4.98 Å². The van der Waals surface area contributed by atoms with Gasteiger partial charge >= 0.3 is 0 Å². The lowest BCUT2D eigenvalue weighted by Gasteiger charge is -1.96. The highest BCUT2D eigenvalue weighted by molar-refractivity contribution is 5.16. The van der Waals surface area contributed by atoms with Crippen LogP contribution < -0.4 is 0 Å². The average molecular weight is 169 g/mol. The second-order valence-electron chi connectivity index (χ2n) is 1.93. The maximum atomic E-state index is 8.66. The Kier molecular flexibility index (Phi) is 9.36. The SMILES string of the molecule is C.CC.Cc1cccnc1CO. The second-order valence-corrected chi connectivity index (χ2v) is 1.93. The minimum Gasteiger partial charge on any atom is -0.390 e. The van der Waals surface area contributed by atoms with E-state index in [2.05, 4.69) is 4.98 Å². The molecule has 0 atom stereocenters. The van der Waals surface area contributed by atoms with Crippen LogP contribution in [0.1, 0.15) is 32.5 Å². The van der Waals surface area contributed by atoms with Crippen LogP contribution in [0.2, 0.25) is 0 Å². The Morgan fingerprint density at radius 1 is 1.42 bits per heavy atom. The van der Waals surface area contributed by atoms with Gasteiger partial charge in [0.2, 0.25) is 0 Å². The van der Waals surface area contributed by atoms with E-state index in [0.717, 1.165) is 11.3 Å². The summed E-state index contributed by atoms with van der Waals surface area (Å²) in [7, 11) is 0. The molecule has 0 aliphatic rings. The Morgan fingerprint density at radius 3 is 2.33 bits per heavy atom. The number of rotatable bonds is 1. The highest BCUT2D eigenvalue weighted by Gasteiger charge is 1.92. The number of nitrogens with zero attached hydrogens (tertiary/aromatic N) is 1. The maximum Gasteiger partial charge on any atom is 0.0855 e. The van der Waals surface area contributed by atoms with Crippen molar-refractivity contribution >= 4 is 0 Å². The molecule has 0 saturated heterocycles. The fourth-order valence-electron chi connectivity index (χ4n) is 0.684. The molecule has 0 aromatic carbocycles. The first-order valence-electron chi connectivity index (χ1n) is 3.86. The molecule has 1 heterocycles. The molecule has 0 unspecified atom stereocenters. The van der Waals surface area contributed by atoms with Gasteiger partial charge in [0.1, 0.15) is 0 Å². The van der Waals surface area contributed by atoms with Crippen LogP contribution in [0.25, 0.3) is 0 Å². The minimum absolute atomic E-state index is 0. The summed E-state index contributed by atoms with van der Waals surface area (Å²) in [5.41, 5.74) is 1.80. The van der Waals surface area contributed by atoms with Crippen molar-refractivity contribution in [2.45, 2.75) is 34.8 Å². The van der Waals surface area contributed by atoms with Crippen LogP contribution in [0.4, 0.5) is 0 Å². The fourth-order valence-corrected chi connectivity index (χ4v) is 0.684. The van der Waals surface area contributed by atoms with E-state index in [-0.39, 0.29) is 14.0 Å². The van der Waals surface area contributed by atoms with Gasteiger partial charge in [0, 0.05) is 6.20 Å². The van der Waals surface area contributed by atoms with E-state index in [4.69, 9.17) is 5.11 Å². The monoisotopic (exact) mass is 169 g/mol. The quantitative estimate of drug-likeness (QED) is 0.700. The van der Waals surface area contributed by atoms with Crippen LogP contribution in [0, 0.1) is 6.92 Å². The summed E-state index contributed by atoms with van der Waals surface area (Å²) >= 11 is 0. The Balaban J connectivity index is 0. The molecule has 2 nitrogen and oxygen atoms in total. The van der Waals surface area contributed by atoms with E-state index in [9.17, 15) is 0 Å². The van der Waals surface area contributed by atoms with Crippen molar-refractivity contribution in [3.63, 3.8) is 0 Å². The predicted molar refractivity (Wildman–Crippen MR) is 53.0 cm³/mol. The van der Waals surface area contributed by atoms with Gasteiger partial charge in [0.05, 0.1) is 12.3 Å². The van der Waals surface area contributed by atoms with E-state index in [0.29, 0.717) is 0 Å². The summed E-state index contributed by atoms with van der Waals surface area (Å²) in [4.78, 5) is 3.95. The number of aliphatic hydroxyl groups is 1. The van der Waals surface area contributed by atoms with Gasteiger partial charge in [-0.05, 0) is 18.6 Å². The zero-order chi connectivity index (χ0) is 8.69. The molecule has 2 heteroatoms. The molecule has 70 valence electrons. The van der Waals surface area contributed by atoms with Gasteiger partial charge in [0.25, 0.3) is 0 Å². The Morgan fingerprint density at radius 2 is 2.00 bits per heavy atom. The summed E-state index contributed by atoms with van der Waals surface area (Å²) in [6, 6.07) is 3.78. The minimum atomic E-state index is 0. The van der Waals surface area contributed by atoms with Gasteiger partial charge in [-0.15, -0.1) is 0 Å². The molecule has 1 aromatic heterocycles. The van der Waals surface area contributed by atoms with Crippen LogP contribution in [0.3, 0.4) is 0 Å². The van der Waals surface area contributed by atoms with Crippen molar-refractivity contribution in [2.24, 2.45) is 0 Å². The topological polar surface area (TPSA) is 33.1 Å². The van der Waals surface area contributed by atoms with Crippen molar-refractivity contribution in [3.8, 4) is 0 Å². The van der Waals surface area contributed by atoms with Crippen LogP contribution in [-0.4, -0.2) is 10.1 Å². The Hall–Kier alpha value is -0.890. The second kappa shape index (κ2) is 8.21. The highest BCUT2D eigenvalue weighted by atomic mass is 16.3. The van der Waals surface area contributed by atoms with E-state index in [1.807, 2.05) is 32.9 Å². The van der Waals surface area contributed by atoms with Gasteiger partial charge in [0.15, 0.2) is 0 Å². The number of aliphatic hydroxyl groups excluding tert-OH is 1. The first kappa shape index (κ1) is 13.7. The summed E-state index contributed by atoms with van der Waals surface area (Å²) in [6.07, 6.45) is 1.68.